The Labute approximate surface area is 298 Å². The molecule has 1 aromatic carbocycles. The van der Waals surface area contributed by atoms with E-state index in [1.54, 1.807) is 29.0 Å². The second-order valence-electron chi connectivity index (χ2n) is 16.2. The van der Waals surface area contributed by atoms with Gasteiger partial charge in [0.25, 0.3) is 0 Å². The molecule has 3 heterocycles. The van der Waals surface area contributed by atoms with Crippen molar-refractivity contribution in [3.8, 4) is 0 Å². The average molecular weight is 694 g/mol. The fourth-order valence-electron chi connectivity index (χ4n) is 8.87. The summed E-state index contributed by atoms with van der Waals surface area (Å²) in [5.41, 5.74) is -1.24. The number of carbonyl (C=O) groups excluding carboxylic acids is 4. The molecule has 10 nitrogen and oxygen atoms in total. The fourth-order valence-corrected chi connectivity index (χ4v) is 8.87. The molecule has 0 radical (unpaired) electrons. The van der Waals surface area contributed by atoms with Crippen molar-refractivity contribution in [1.82, 2.24) is 14.7 Å². The topological polar surface area (TPSA) is 117 Å². The van der Waals surface area contributed by atoms with Crippen LogP contribution in [-0.2, 0) is 28.7 Å². The molecule has 1 N–H and O–H groups in total. The molecular weight excluding hydrogens is 634 g/mol. The molecule has 1 aromatic rings. The van der Waals surface area contributed by atoms with E-state index in [2.05, 4.69) is 33.9 Å². The molecule has 0 aliphatic carbocycles. The molecule has 3 fully saturated rings. The first-order chi connectivity index (χ1) is 23.5. The van der Waals surface area contributed by atoms with Crippen LogP contribution in [0.5, 0.6) is 0 Å². The van der Waals surface area contributed by atoms with Crippen LogP contribution in [0.4, 0.5) is 0 Å². The number of hydrogen-bond donors (Lipinski definition) is 1. The molecule has 0 saturated carbocycles. The van der Waals surface area contributed by atoms with E-state index in [4.69, 9.17) is 9.47 Å². The first kappa shape index (κ1) is 39.3. The molecular formula is C40H59N3O7. The first-order valence-corrected chi connectivity index (χ1v) is 18.1. The van der Waals surface area contributed by atoms with Crippen LogP contribution in [-0.4, -0.2) is 99.1 Å². The Morgan fingerprint density at radius 1 is 1.14 bits per heavy atom. The molecule has 0 aromatic heterocycles. The highest BCUT2D eigenvalue weighted by Crippen LogP contribution is 2.59. The SMILES string of the molecule is C=CCCC(=O)N(C)[C@H](C)[C@H](OC(=O)[C@@H]1[C@H]2C(=O)N([C@@H](CC)CO)[C@H](C(=O)N(CC=C)C(C)(C)CC(C)(C)C)[C@]23CC[C@H]1O3)c1ccccc1. The van der Waals surface area contributed by atoms with E-state index in [-0.39, 0.29) is 42.7 Å². The van der Waals surface area contributed by atoms with Crippen LogP contribution < -0.4 is 0 Å². The number of esters is 1. The maximum absolute atomic E-state index is 15.0. The molecule has 0 unspecified atom stereocenters. The van der Waals surface area contributed by atoms with Gasteiger partial charge in [-0.3, -0.25) is 19.2 Å². The van der Waals surface area contributed by atoms with E-state index in [0.717, 1.165) is 5.56 Å². The van der Waals surface area contributed by atoms with E-state index >= 15 is 0 Å². The summed E-state index contributed by atoms with van der Waals surface area (Å²) < 4.78 is 13.1. The van der Waals surface area contributed by atoms with Gasteiger partial charge in [-0.15, -0.1) is 13.2 Å². The highest BCUT2D eigenvalue weighted by molar-refractivity contribution is 5.98. The zero-order valence-electron chi connectivity index (χ0n) is 31.4. The van der Waals surface area contributed by atoms with Gasteiger partial charge in [-0.2, -0.15) is 0 Å². The van der Waals surface area contributed by atoms with E-state index in [0.29, 0.717) is 32.1 Å². The maximum atomic E-state index is 15.0. The van der Waals surface area contributed by atoms with Crippen LogP contribution in [0.1, 0.15) is 98.7 Å². The Morgan fingerprint density at radius 2 is 1.80 bits per heavy atom. The summed E-state index contributed by atoms with van der Waals surface area (Å²) in [5, 5.41) is 10.5. The summed E-state index contributed by atoms with van der Waals surface area (Å²) >= 11 is 0. The van der Waals surface area contributed by atoms with Crippen LogP contribution in [0, 0.1) is 17.3 Å². The molecule has 3 aliphatic rings. The number of likely N-dealkylation sites (N-methyl/N-ethyl adjacent to an activating group) is 1. The minimum atomic E-state index is -1.26. The van der Waals surface area contributed by atoms with Crippen molar-refractivity contribution in [2.45, 2.75) is 128 Å². The number of amides is 3. The van der Waals surface area contributed by atoms with Crippen LogP contribution in [0.3, 0.4) is 0 Å². The third-order valence-corrected chi connectivity index (χ3v) is 11.0. The van der Waals surface area contributed by atoms with Gasteiger partial charge in [0, 0.05) is 25.6 Å². The van der Waals surface area contributed by atoms with Gasteiger partial charge in [-0.25, -0.2) is 0 Å². The molecule has 1 spiro atoms. The number of ether oxygens (including phenoxy) is 2. The molecule has 2 bridgehead atoms. The Morgan fingerprint density at radius 3 is 2.36 bits per heavy atom. The van der Waals surface area contributed by atoms with Gasteiger partial charge in [-0.05, 0) is 63.9 Å². The summed E-state index contributed by atoms with van der Waals surface area (Å²) in [5.74, 6) is -3.26. The van der Waals surface area contributed by atoms with Gasteiger partial charge in [0.1, 0.15) is 17.7 Å². The number of aliphatic hydroxyl groups is 1. The summed E-state index contributed by atoms with van der Waals surface area (Å²) in [4.78, 5) is 62.1. The maximum Gasteiger partial charge on any atom is 0.313 e. The van der Waals surface area contributed by atoms with Crippen molar-refractivity contribution in [3.63, 3.8) is 0 Å². The fraction of sp³-hybridized carbons (Fsp3) is 0.650. The van der Waals surface area contributed by atoms with Crippen molar-refractivity contribution < 1.29 is 33.8 Å². The molecule has 50 heavy (non-hydrogen) atoms. The molecule has 3 aliphatic heterocycles. The lowest BCUT2D eigenvalue weighted by Crippen LogP contribution is -2.62. The molecule has 8 atom stereocenters. The predicted molar refractivity (Wildman–Crippen MR) is 193 cm³/mol. The number of rotatable bonds is 16. The van der Waals surface area contributed by atoms with Crippen LogP contribution in [0.15, 0.2) is 55.6 Å². The standard InChI is InChI=1S/C40H59N3O7/c1-11-14-20-30(45)41(10)26(4)33(27-18-16-15-17-19-27)49-37(48)31-29-21-22-40(50-29)32(31)35(46)43(28(13-3)24-44)34(40)36(47)42(23-12-2)39(8,9)25-38(5,6)7/h11-12,15-19,26,28-29,31-34,44H,1-2,13-14,20-25H2,3-10H3/t26-,28+,29-,31+,32+,33+,34-,40+/m1/s1. The van der Waals surface area contributed by atoms with Crippen molar-refractivity contribution >= 4 is 23.7 Å². The predicted octanol–water partition coefficient (Wildman–Crippen LogP) is 5.46. The summed E-state index contributed by atoms with van der Waals surface area (Å²) in [6.07, 6.45) is 4.78. The Balaban J connectivity index is 1.74. The van der Waals surface area contributed by atoms with Crippen molar-refractivity contribution in [2.24, 2.45) is 17.3 Å². The second-order valence-corrected chi connectivity index (χ2v) is 16.2. The molecule has 3 saturated heterocycles. The van der Waals surface area contributed by atoms with Crippen molar-refractivity contribution in [2.75, 3.05) is 20.2 Å². The number of hydrogen-bond acceptors (Lipinski definition) is 7. The number of nitrogens with zero attached hydrogens (tertiary/aromatic N) is 3. The zero-order valence-corrected chi connectivity index (χ0v) is 31.4. The lowest BCUT2D eigenvalue weighted by atomic mass is 9.70. The lowest BCUT2D eigenvalue weighted by Gasteiger charge is -2.46. The Kier molecular flexibility index (Phi) is 12.1. The summed E-state index contributed by atoms with van der Waals surface area (Å²) in [6.45, 7) is 21.7. The largest absolute Gasteiger partial charge is 0.455 e. The summed E-state index contributed by atoms with van der Waals surface area (Å²) in [6, 6.07) is 7.09. The lowest BCUT2D eigenvalue weighted by molar-refractivity contribution is -0.165. The van der Waals surface area contributed by atoms with Gasteiger partial charge in [-0.1, -0.05) is 70.2 Å². The van der Waals surface area contributed by atoms with E-state index in [1.807, 2.05) is 58.0 Å². The number of allylic oxidation sites excluding steroid dienone is 1. The molecule has 276 valence electrons. The van der Waals surface area contributed by atoms with Gasteiger partial charge in [0.05, 0.1) is 36.6 Å². The van der Waals surface area contributed by atoms with Crippen molar-refractivity contribution in [1.29, 1.82) is 0 Å². The van der Waals surface area contributed by atoms with Crippen LogP contribution in [0.2, 0.25) is 0 Å². The Hall–Kier alpha value is -3.50. The normalized spacial score (nSPS) is 26.2. The van der Waals surface area contributed by atoms with E-state index in [9.17, 15) is 24.3 Å². The smallest absolute Gasteiger partial charge is 0.313 e. The number of likely N-dealkylation sites (tertiary alicyclic amines) is 1. The number of fused-ring (bicyclic) bond motifs is 1. The number of benzene rings is 1. The zero-order chi connectivity index (χ0) is 37.2. The van der Waals surface area contributed by atoms with Gasteiger partial charge in [0.15, 0.2) is 0 Å². The number of carbonyl (C=O) groups is 4. The molecule has 10 heteroatoms. The highest BCUT2D eigenvalue weighted by Gasteiger charge is 2.76. The molecule has 4 rings (SSSR count). The monoisotopic (exact) mass is 693 g/mol. The second kappa shape index (κ2) is 15.4. The van der Waals surface area contributed by atoms with E-state index in [1.165, 1.54) is 4.90 Å². The van der Waals surface area contributed by atoms with Crippen molar-refractivity contribution in [3.05, 3.63) is 61.2 Å². The summed E-state index contributed by atoms with van der Waals surface area (Å²) in [7, 11) is 1.69. The van der Waals surface area contributed by atoms with Crippen LogP contribution >= 0.6 is 0 Å². The molecule has 3 amide bonds. The minimum absolute atomic E-state index is 0.0970. The quantitative estimate of drug-likeness (QED) is 0.181. The van der Waals surface area contributed by atoms with Gasteiger partial charge in [0.2, 0.25) is 17.7 Å². The number of aliphatic hydroxyl groups excluding tert-OH is 1. The van der Waals surface area contributed by atoms with Gasteiger partial charge >= 0.3 is 5.97 Å². The average Bonchev–Trinajstić information content (AvgIpc) is 3.71. The van der Waals surface area contributed by atoms with Crippen LogP contribution in [0.25, 0.3) is 0 Å². The highest BCUT2D eigenvalue weighted by atomic mass is 16.6. The van der Waals surface area contributed by atoms with Gasteiger partial charge < -0.3 is 29.3 Å². The van der Waals surface area contributed by atoms with E-state index < -0.39 is 59.3 Å². The third-order valence-electron chi connectivity index (χ3n) is 11.0. The third kappa shape index (κ3) is 7.42. The minimum Gasteiger partial charge on any atom is -0.455 e. The Bertz CT molecular complexity index is 1420. The first-order valence-electron chi connectivity index (χ1n) is 18.1.